The number of aromatic nitrogens is 2. The van der Waals surface area contributed by atoms with E-state index in [4.69, 9.17) is 0 Å². The minimum atomic E-state index is 0.543. The first-order valence-electron chi connectivity index (χ1n) is 5.59. The van der Waals surface area contributed by atoms with Gasteiger partial charge in [-0.05, 0) is 38.2 Å². The summed E-state index contributed by atoms with van der Waals surface area (Å²) < 4.78 is 2.26. The van der Waals surface area contributed by atoms with Crippen molar-refractivity contribution < 1.29 is 0 Å². The van der Waals surface area contributed by atoms with Gasteiger partial charge in [0.05, 0.1) is 0 Å². The number of hydrogen-bond acceptors (Lipinski definition) is 3. The zero-order valence-electron chi connectivity index (χ0n) is 9.44. The maximum absolute atomic E-state index is 4.37. The van der Waals surface area contributed by atoms with Crippen molar-refractivity contribution in [2.24, 2.45) is 0 Å². The monoisotopic (exact) mass is 225 g/mol. The molecule has 1 aromatic rings. The van der Waals surface area contributed by atoms with Crippen LogP contribution in [-0.4, -0.2) is 27.6 Å². The van der Waals surface area contributed by atoms with Crippen LogP contribution in [0.5, 0.6) is 0 Å². The maximum atomic E-state index is 4.37. The Hall–Kier alpha value is -0.640. The molecule has 1 aromatic heterocycles. The van der Waals surface area contributed by atoms with Crippen molar-refractivity contribution in [3.05, 3.63) is 12.4 Å². The molecule has 4 heteroatoms. The smallest absolute Gasteiger partial charge is 0.203 e. The van der Waals surface area contributed by atoms with Crippen LogP contribution in [-0.2, 0) is 0 Å². The fourth-order valence-corrected chi connectivity index (χ4v) is 2.20. The van der Waals surface area contributed by atoms with E-state index in [0.717, 1.165) is 5.95 Å². The molecule has 0 amide bonds. The number of nitrogens with one attached hydrogen (secondary N) is 1. The molecule has 0 aliphatic heterocycles. The van der Waals surface area contributed by atoms with E-state index in [-0.39, 0.29) is 0 Å². The molecule has 1 heterocycles. The van der Waals surface area contributed by atoms with Crippen molar-refractivity contribution in [1.82, 2.24) is 9.55 Å². The summed E-state index contributed by atoms with van der Waals surface area (Å²) in [6, 6.07) is 1.22. The average molecular weight is 225 g/mol. The number of thioether (sulfide) groups is 1. The topological polar surface area (TPSA) is 29.9 Å². The first kappa shape index (κ1) is 10.9. The molecule has 2 rings (SSSR count). The Bertz CT molecular complexity index is 307. The van der Waals surface area contributed by atoms with Gasteiger partial charge in [0.25, 0.3) is 0 Å². The van der Waals surface area contributed by atoms with Crippen LogP contribution in [0.4, 0.5) is 5.95 Å². The summed E-state index contributed by atoms with van der Waals surface area (Å²) in [6.07, 6.45) is 9.93. The largest absolute Gasteiger partial charge is 0.353 e. The van der Waals surface area contributed by atoms with Gasteiger partial charge in [-0.1, -0.05) is 0 Å². The van der Waals surface area contributed by atoms with Crippen LogP contribution < -0.4 is 5.32 Å². The average Bonchev–Trinajstić information content (AvgIpc) is 2.91. The molecule has 0 radical (unpaired) electrons. The van der Waals surface area contributed by atoms with Crippen LogP contribution in [0.2, 0.25) is 0 Å². The zero-order chi connectivity index (χ0) is 10.7. The molecule has 1 aliphatic carbocycles. The van der Waals surface area contributed by atoms with Gasteiger partial charge in [0.15, 0.2) is 0 Å². The molecular weight excluding hydrogens is 206 g/mol. The Labute approximate surface area is 95.7 Å². The predicted octanol–water partition coefficient (Wildman–Crippen LogP) is 2.77. The van der Waals surface area contributed by atoms with Gasteiger partial charge in [-0.25, -0.2) is 4.98 Å². The normalized spacial score (nSPS) is 17.7. The summed E-state index contributed by atoms with van der Waals surface area (Å²) in [5, 5.41) is 3.47. The van der Waals surface area contributed by atoms with Crippen LogP contribution in [0.3, 0.4) is 0 Å². The molecule has 0 spiro atoms. The summed E-state index contributed by atoms with van der Waals surface area (Å²) in [4.78, 5) is 4.37. The highest BCUT2D eigenvalue weighted by atomic mass is 32.2. The van der Waals surface area contributed by atoms with Crippen molar-refractivity contribution in [1.29, 1.82) is 0 Å². The Morgan fingerprint density at radius 2 is 2.47 bits per heavy atom. The van der Waals surface area contributed by atoms with Crippen molar-refractivity contribution in [2.75, 3.05) is 17.3 Å². The molecule has 1 N–H and O–H groups in total. The van der Waals surface area contributed by atoms with E-state index >= 15 is 0 Å². The van der Waals surface area contributed by atoms with Crippen LogP contribution in [0.1, 0.15) is 32.2 Å². The fourth-order valence-electron chi connectivity index (χ4n) is 1.62. The highest BCUT2D eigenvalue weighted by molar-refractivity contribution is 7.98. The number of imidazole rings is 1. The number of anilines is 1. The molecule has 1 fully saturated rings. The van der Waals surface area contributed by atoms with E-state index in [0.29, 0.717) is 12.1 Å². The second-order valence-electron chi connectivity index (χ2n) is 4.21. The van der Waals surface area contributed by atoms with Crippen molar-refractivity contribution in [2.45, 2.75) is 38.3 Å². The van der Waals surface area contributed by atoms with Crippen LogP contribution in [0.15, 0.2) is 12.4 Å². The van der Waals surface area contributed by atoms with Crippen molar-refractivity contribution in [3.63, 3.8) is 0 Å². The molecule has 0 saturated heterocycles. The quantitative estimate of drug-likeness (QED) is 0.807. The lowest BCUT2D eigenvalue weighted by Crippen LogP contribution is -2.12. The molecule has 1 atom stereocenters. The van der Waals surface area contributed by atoms with Gasteiger partial charge in [-0.2, -0.15) is 11.8 Å². The van der Waals surface area contributed by atoms with E-state index in [1.165, 1.54) is 25.0 Å². The highest BCUT2D eigenvalue weighted by Crippen LogP contribution is 2.26. The summed E-state index contributed by atoms with van der Waals surface area (Å²) in [7, 11) is 0. The molecule has 1 unspecified atom stereocenters. The third kappa shape index (κ3) is 2.91. The van der Waals surface area contributed by atoms with E-state index < -0.39 is 0 Å². The molecular formula is C11H19N3S. The summed E-state index contributed by atoms with van der Waals surface area (Å²) in [6.45, 7) is 2.26. The molecule has 3 nitrogen and oxygen atoms in total. The van der Waals surface area contributed by atoms with Crippen molar-refractivity contribution in [3.8, 4) is 0 Å². The first-order valence-corrected chi connectivity index (χ1v) is 6.99. The molecule has 15 heavy (non-hydrogen) atoms. The molecule has 0 aromatic carbocycles. The van der Waals surface area contributed by atoms with Crippen LogP contribution in [0.25, 0.3) is 0 Å². The first-order chi connectivity index (χ1) is 7.31. The maximum Gasteiger partial charge on any atom is 0.203 e. The van der Waals surface area contributed by atoms with Gasteiger partial charge in [0, 0.05) is 24.5 Å². The zero-order valence-corrected chi connectivity index (χ0v) is 10.3. The third-order valence-electron chi connectivity index (χ3n) is 2.79. The highest BCUT2D eigenvalue weighted by Gasteiger charge is 2.23. The van der Waals surface area contributed by atoms with Gasteiger partial charge >= 0.3 is 0 Å². The molecule has 84 valence electrons. The van der Waals surface area contributed by atoms with Gasteiger partial charge in [-0.3, -0.25) is 0 Å². The second-order valence-corrected chi connectivity index (χ2v) is 5.19. The number of nitrogens with zero attached hydrogens (tertiary/aromatic N) is 2. The Morgan fingerprint density at radius 1 is 1.67 bits per heavy atom. The van der Waals surface area contributed by atoms with Gasteiger partial charge in [0.2, 0.25) is 5.95 Å². The Balaban J connectivity index is 1.95. The summed E-state index contributed by atoms with van der Waals surface area (Å²) >= 11 is 1.91. The van der Waals surface area contributed by atoms with Crippen molar-refractivity contribution >= 4 is 17.7 Å². The second kappa shape index (κ2) is 4.92. The minimum Gasteiger partial charge on any atom is -0.353 e. The van der Waals surface area contributed by atoms with E-state index in [2.05, 4.69) is 34.2 Å². The lowest BCUT2D eigenvalue weighted by atomic mass is 10.2. The summed E-state index contributed by atoms with van der Waals surface area (Å²) in [5.74, 6) is 2.26. The molecule has 1 aliphatic rings. The SMILES string of the molecule is CSCCC(C)n1ccnc1NC1CC1. The fraction of sp³-hybridized carbons (Fsp3) is 0.727. The summed E-state index contributed by atoms with van der Waals surface area (Å²) in [5.41, 5.74) is 0. The Kier molecular flexibility index (Phi) is 3.57. The number of rotatable bonds is 6. The molecule has 1 saturated carbocycles. The van der Waals surface area contributed by atoms with E-state index in [1.54, 1.807) is 0 Å². The third-order valence-corrected chi connectivity index (χ3v) is 3.44. The van der Waals surface area contributed by atoms with Crippen LogP contribution >= 0.6 is 11.8 Å². The lowest BCUT2D eigenvalue weighted by Gasteiger charge is -2.16. The van der Waals surface area contributed by atoms with Gasteiger partial charge in [0.1, 0.15) is 0 Å². The van der Waals surface area contributed by atoms with Gasteiger partial charge in [-0.15, -0.1) is 0 Å². The lowest BCUT2D eigenvalue weighted by molar-refractivity contribution is 0.539. The number of hydrogen-bond donors (Lipinski definition) is 1. The molecule has 0 bridgehead atoms. The van der Waals surface area contributed by atoms with E-state index in [1.807, 2.05) is 18.0 Å². The van der Waals surface area contributed by atoms with Gasteiger partial charge < -0.3 is 9.88 Å². The predicted molar refractivity (Wildman–Crippen MR) is 66.6 cm³/mol. The Morgan fingerprint density at radius 3 is 3.13 bits per heavy atom. The minimum absolute atomic E-state index is 0.543. The van der Waals surface area contributed by atoms with Crippen LogP contribution in [0, 0.1) is 0 Å². The standard InChI is InChI=1S/C11H19N3S/c1-9(5-8-15-2)14-7-6-12-11(14)13-10-3-4-10/h6-7,9-10H,3-5,8H2,1-2H3,(H,12,13). The van der Waals surface area contributed by atoms with E-state index in [9.17, 15) is 0 Å².